The fraction of sp³-hybridized carbons (Fsp3) is 0.533. The average Bonchev–Trinajstić information content (AvgIpc) is 2.26. The van der Waals surface area contributed by atoms with Gasteiger partial charge < -0.3 is 15.1 Å². The van der Waals surface area contributed by atoms with Gasteiger partial charge in [0.05, 0.1) is 12.0 Å². The molecule has 1 saturated heterocycles. The van der Waals surface area contributed by atoms with Crippen molar-refractivity contribution >= 4 is 11.7 Å². The van der Waals surface area contributed by atoms with E-state index in [2.05, 4.69) is 17.0 Å². The minimum absolute atomic E-state index is 0.186. The molecule has 0 aliphatic carbocycles. The number of carbonyl (C=O) groups is 1. The van der Waals surface area contributed by atoms with Gasteiger partial charge in [-0.2, -0.15) is 0 Å². The number of anilines is 1. The average molecular weight is 263 g/mol. The molecule has 1 atom stereocenters. The summed E-state index contributed by atoms with van der Waals surface area (Å²) in [6, 6.07) is 6.21. The third-order valence-corrected chi connectivity index (χ3v) is 3.73. The van der Waals surface area contributed by atoms with Crippen LogP contribution in [-0.4, -0.2) is 34.9 Å². The van der Waals surface area contributed by atoms with Crippen molar-refractivity contribution in [2.45, 2.75) is 38.7 Å². The summed E-state index contributed by atoms with van der Waals surface area (Å²) in [5, 5.41) is 19.3. The van der Waals surface area contributed by atoms with Gasteiger partial charge in [0.15, 0.2) is 0 Å². The van der Waals surface area contributed by atoms with Crippen molar-refractivity contribution in [3.05, 3.63) is 29.3 Å². The van der Waals surface area contributed by atoms with E-state index in [9.17, 15) is 9.90 Å². The van der Waals surface area contributed by atoms with Crippen LogP contribution in [0.3, 0.4) is 0 Å². The largest absolute Gasteiger partial charge is 0.481 e. The maximum absolute atomic E-state index is 10.8. The fourth-order valence-electron chi connectivity index (χ4n) is 2.90. The molecular weight excluding hydrogens is 242 g/mol. The molecule has 0 radical (unpaired) electrons. The maximum atomic E-state index is 10.8. The summed E-state index contributed by atoms with van der Waals surface area (Å²) in [7, 11) is 0. The molecule has 0 bridgehead atoms. The lowest BCUT2D eigenvalue weighted by atomic mass is 9.89. The predicted octanol–water partition coefficient (Wildman–Crippen LogP) is 2.11. The Morgan fingerprint density at radius 3 is 2.79 bits per heavy atom. The van der Waals surface area contributed by atoms with Crippen LogP contribution in [0, 0.1) is 13.8 Å². The minimum atomic E-state index is -1.11. The van der Waals surface area contributed by atoms with E-state index >= 15 is 0 Å². The van der Waals surface area contributed by atoms with Crippen LogP contribution in [0.5, 0.6) is 0 Å². The van der Waals surface area contributed by atoms with E-state index in [-0.39, 0.29) is 6.42 Å². The normalized spacial score (nSPS) is 23.4. The maximum Gasteiger partial charge on any atom is 0.306 e. The van der Waals surface area contributed by atoms with Gasteiger partial charge in [0.2, 0.25) is 0 Å². The predicted molar refractivity (Wildman–Crippen MR) is 74.6 cm³/mol. The molecule has 0 amide bonds. The Morgan fingerprint density at radius 1 is 1.42 bits per heavy atom. The number of carboxylic acid groups (broad SMARTS) is 1. The third-order valence-electron chi connectivity index (χ3n) is 3.73. The highest BCUT2D eigenvalue weighted by molar-refractivity contribution is 5.68. The molecule has 1 aliphatic heterocycles. The van der Waals surface area contributed by atoms with E-state index < -0.39 is 11.6 Å². The molecule has 1 aromatic rings. The van der Waals surface area contributed by atoms with Crippen LogP contribution in [0.1, 0.15) is 30.4 Å². The molecule has 2 rings (SSSR count). The van der Waals surface area contributed by atoms with Gasteiger partial charge in [0.25, 0.3) is 0 Å². The lowest BCUT2D eigenvalue weighted by Gasteiger charge is -2.40. The highest BCUT2D eigenvalue weighted by Gasteiger charge is 2.35. The first-order valence-corrected chi connectivity index (χ1v) is 6.66. The Balaban J connectivity index is 2.19. The topological polar surface area (TPSA) is 60.8 Å². The van der Waals surface area contributed by atoms with Crippen molar-refractivity contribution in [2.24, 2.45) is 0 Å². The number of carboxylic acids is 1. The van der Waals surface area contributed by atoms with Gasteiger partial charge in [-0.3, -0.25) is 4.79 Å². The molecule has 1 unspecified atom stereocenters. The van der Waals surface area contributed by atoms with Gasteiger partial charge in [0.1, 0.15) is 0 Å². The second-order valence-electron chi connectivity index (χ2n) is 5.61. The number of benzene rings is 1. The summed E-state index contributed by atoms with van der Waals surface area (Å²) in [6.07, 6.45) is 1.19. The number of aliphatic carboxylic acids is 1. The number of hydrogen-bond donors (Lipinski definition) is 2. The van der Waals surface area contributed by atoms with E-state index in [1.807, 2.05) is 19.9 Å². The van der Waals surface area contributed by atoms with Crippen molar-refractivity contribution in [1.29, 1.82) is 0 Å². The van der Waals surface area contributed by atoms with E-state index in [1.165, 1.54) is 11.1 Å². The van der Waals surface area contributed by atoms with Crippen LogP contribution in [-0.2, 0) is 4.79 Å². The summed E-state index contributed by atoms with van der Waals surface area (Å²) >= 11 is 0. The van der Waals surface area contributed by atoms with Crippen LogP contribution in [0.15, 0.2) is 18.2 Å². The molecule has 1 aromatic carbocycles. The number of rotatable bonds is 3. The van der Waals surface area contributed by atoms with Gasteiger partial charge in [-0.25, -0.2) is 0 Å². The first-order valence-electron chi connectivity index (χ1n) is 6.66. The summed E-state index contributed by atoms with van der Waals surface area (Å²) in [5.41, 5.74) is 2.36. The SMILES string of the molecule is Cc1ccc(N2CCCC(O)(CC(=O)O)C2)c(C)c1. The molecule has 104 valence electrons. The van der Waals surface area contributed by atoms with Crippen LogP contribution < -0.4 is 4.90 Å². The zero-order chi connectivity index (χ0) is 14.0. The van der Waals surface area contributed by atoms with Crippen molar-refractivity contribution in [2.75, 3.05) is 18.0 Å². The Hall–Kier alpha value is -1.55. The van der Waals surface area contributed by atoms with Crippen LogP contribution in [0.25, 0.3) is 0 Å². The zero-order valence-corrected chi connectivity index (χ0v) is 11.5. The summed E-state index contributed by atoms with van der Waals surface area (Å²) in [4.78, 5) is 12.9. The Kier molecular flexibility index (Phi) is 3.80. The molecule has 0 aromatic heterocycles. The van der Waals surface area contributed by atoms with Gasteiger partial charge >= 0.3 is 5.97 Å². The summed E-state index contributed by atoms with van der Waals surface area (Å²) in [5.74, 6) is -0.940. The number of piperidine rings is 1. The lowest BCUT2D eigenvalue weighted by molar-refractivity contribution is -0.142. The van der Waals surface area contributed by atoms with Crippen LogP contribution in [0.2, 0.25) is 0 Å². The van der Waals surface area contributed by atoms with Crippen molar-refractivity contribution in [3.8, 4) is 0 Å². The monoisotopic (exact) mass is 263 g/mol. The lowest BCUT2D eigenvalue weighted by Crippen LogP contribution is -2.49. The third kappa shape index (κ3) is 3.26. The quantitative estimate of drug-likeness (QED) is 0.877. The Bertz CT molecular complexity index is 486. The molecule has 1 heterocycles. The molecule has 19 heavy (non-hydrogen) atoms. The molecule has 2 N–H and O–H groups in total. The first-order chi connectivity index (χ1) is 8.89. The van der Waals surface area contributed by atoms with Crippen LogP contribution >= 0.6 is 0 Å². The summed E-state index contributed by atoms with van der Waals surface area (Å²) < 4.78 is 0. The number of hydrogen-bond acceptors (Lipinski definition) is 3. The minimum Gasteiger partial charge on any atom is -0.481 e. The molecule has 1 aliphatic rings. The van der Waals surface area contributed by atoms with E-state index in [0.29, 0.717) is 13.0 Å². The zero-order valence-electron chi connectivity index (χ0n) is 11.5. The second-order valence-corrected chi connectivity index (χ2v) is 5.61. The number of nitrogens with zero attached hydrogens (tertiary/aromatic N) is 1. The summed E-state index contributed by atoms with van der Waals surface area (Å²) in [6.45, 7) is 5.36. The number of β-amino-alcohol motifs (C(OH)–C–C–N with tert-alkyl or cyclic N) is 1. The Labute approximate surface area is 113 Å². The smallest absolute Gasteiger partial charge is 0.306 e. The van der Waals surface area contributed by atoms with E-state index in [1.54, 1.807) is 0 Å². The van der Waals surface area contributed by atoms with E-state index in [4.69, 9.17) is 5.11 Å². The second kappa shape index (κ2) is 5.21. The highest BCUT2D eigenvalue weighted by Crippen LogP contribution is 2.30. The van der Waals surface area contributed by atoms with Gasteiger partial charge in [-0.05, 0) is 38.3 Å². The molecule has 4 nitrogen and oxygen atoms in total. The standard InChI is InChI=1S/C15H21NO3/c1-11-4-5-13(12(2)8-11)16-7-3-6-15(19,10-16)9-14(17)18/h4-5,8,19H,3,6-7,9-10H2,1-2H3,(H,17,18). The molecule has 1 fully saturated rings. The van der Waals surface area contributed by atoms with Gasteiger partial charge in [-0.1, -0.05) is 17.7 Å². The van der Waals surface area contributed by atoms with Crippen molar-refractivity contribution in [3.63, 3.8) is 0 Å². The number of aryl methyl sites for hydroxylation is 2. The molecular formula is C15H21NO3. The van der Waals surface area contributed by atoms with Gasteiger partial charge in [-0.15, -0.1) is 0 Å². The highest BCUT2D eigenvalue weighted by atomic mass is 16.4. The van der Waals surface area contributed by atoms with Crippen molar-refractivity contribution in [1.82, 2.24) is 0 Å². The fourth-order valence-corrected chi connectivity index (χ4v) is 2.90. The molecule has 0 spiro atoms. The van der Waals surface area contributed by atoms with Crippen molar-refractivity contribution < 1.29 is 15.0 Å². The van der Waals surface area contributed by atoms with E-state index in [0.717, 1.165) is 18.7 Å². The number of aliphatic hydroxyl groups is 1. The van der Waals surface area contributed by atoms with Gasteiger partial charge in [0, 0.05) is 18.8 Å². The molecule has 4 heteroatoms. The van der Waals surface area contributed by atoms with Crippen LogP contribution in [0.4, 0.5) is 5.69 Å². The first kappa shape index (κ1) is 13.9. The Morgan fingerprint density at radius 2 is 2.16 bits per heavy atom. The molecule has 0 saturated carbocycles.